The number of benzene rings is 1. The molecule has 0 saturated carbocycles. The lowest BCUT2D eigenvalue weighted by atomic mass is 10.1. The molecule has 3 nitrogen and oxygen atoms in total. The van der Waals surface area contributed by atoms with Gasteiger partial charge in [-0.2, -0.15) is 0 Å². The Morgan fingerprint density at radius 3 is 2.71 bits per heavy atom. The minimum absolute atomic E-state index is 0.131. The van der Waals surface area contributed by atoms with E-state index in [2.05, 4.69) is 21.2 Å². The van der Waals surface area contributed by atoms with E-state index in [9.17, 15) is 9.90 Å². The van der Waals surface area contributed by atoms with Gasteiger partial charge in [-0.05, 0) is 24.6 Å². The third-order valence-electron chi connectivity index (χ3n) is 1.68. The van der Waals surface area contributed by atoms with Crippen LogP contribution < -0.4 is 10.4 Å². The molecule has 14 heavy (non-hydrogen) atoms. The Hall–Kier alpha value is -0.740. The highest BCUT2D eigenvalue weighted by atomic mass is 79.9. The lowest BCUT2D eigenvalue weighted by Gasteiger charge is -2.10. The lowest BCUT2D eigenvalue weighted by Crippen LogP contribution is -2.28. The second-order valence-electron chi connectivity index (χ2n) is 2.76. The number of nitrogens with one attached hydrogen (secondary N) is 1. The maximum atomic E-state index is 10.2. The van der Waals surface area contributed by atoms with Crippen molar-refractivity contribution >= 4 is 39.3 Å². The van der Waals surface area contributed by atoms with E-state index in [1.54, 1.807) is 18.2 Å². The molecular weight excluding hydrogens is 269 g/mol. The second kappa shape index (κ2) is 4.66. The quantitative estimate of drug-likeness (QED) is 0.845. The molecule has 1 amide bonds. The standard InChI is InChI=1S/C9H9BrClNO2/c1-5(10)7-3-2-6(4-8(7)11)12-9(13)14/h2-5,12H,1H3,(H,13,14)/p-1. The van der Waals surface area contributed by atoms with Gasteiger partial charge in [0.05, 0.1) is 0 Å². The van der Waals surface area contributed by atoms with Crippen molar-refractivity contribution in [2.45, 2.75) is 11.8 Å². The van der Waals surface area contributed by atoms with Crippen LogP contribution in [0.2, 0.25) is 5.02 Å². The monoisotopic (exact) mass is 276 g/mol. The van der Waals surface area contributed by atoms with Crippen molar-refractivity contribution in [2.24, 2.45) is 0 Å². The van der Waals surface area contributed by atoms with Crippen LogP contribution in [0.3, 0.4) is 0 Å². The van der Waals surface area contributed by atoms with E-state index < -0.39 is 6.09 Å². The SMILES string of the molecule is CC(Br)c1ccc(NC(=O)[O-])cc1Cl. The number of carbonyl (C=O) groups excluding carboxylic acids is 1. The molecule has 1 unspecified atom stereocenters. The van der Waals surface area contributed by atoms with Crippen molar-refractivity contribution < 1.29 is 9.90 Å². The van der Waals surface area contributed by atoms with E-state index >= 15 is 0 Å². The third kappa shape index (κ3) is 2.89. The van der Waals surface area contributed by atoms with Crippen molar-refractivity contribution in [1.82, 2.24) is 0 Å². The average molecular weight is 278 g/mol. The summed E-state index contributed by atoms with van der Waals surface area (Å²) in [5.41, 5.74) is 1.32. The summed E-state index contributed by atoms with van der Waals surface area (Å²) in [6.07, 6.45) is -1.35. The molecule has 1 aromatic carbocycles. The van der Waals surface area contributed by atoms with Crippen molar-refractivity contribution in [3.8, 4) is 0 Å². The van der Waals surface area contributed by atoms with Crippen LogP contribution in [0.4, 0.5) is 10.5 Å². The van der Waals surface area contributed by atoms with Gasteiger partial charge in [0.25, 0.3) is 0 Å². The summed E-state index contributed by atoms with van der Waals surface area (Å²) in [6, 6.07) is 4.94. The van der Waals surface area contributed by atoms with E-state index in [0.717, 1.165) is 5.56 Å². The van der Waals surface area contributed by atoms with Crippen LogP contribution in [0.1, 0.15) is 17.3 Å². The minimum atomic E-state index is -1.35. The molecule has 5 heteroatoms. The molecule has 0 radical (unpaired) electrons. The molecule has 0 fully saturated rings. The molecular formula is C9H8BrClNO2-. The van der Waals surface area contributed by atoms with Crippen LogP contribution in [0, 0.1) is 0 Å². The largest absolute Gasteiger partial charge is 0.530 e. The topological polar surface area (TPSA) is 52.2 Å². The smallest absolute Gasteiger partial charge is 0.138 e. The predicted molar refractivity (Wildman–Crippen MR) is 57.8 cm³/mol. The molecule has 1 aromatic rings. The van der Waals surface area contributed by atoms with Crippen molar-refractivity contribution in [3.05, 3.63) is 28.8 Å². The highest BCUT2D eigenvalue weighted by Crippen LogP contribution is 2.30. The molecule has 1 atom stereocenters. The Balaban J connectivity index is 2.94. The summed E-state index contributed by atoms with van der Waals surface area (Å²) in [6.45, 7) is 1.94. The van der Waals surface area contributed by atoms with Gasteiger partial charge in [-0.1, -0.05) is 33.6 Å². The second-order valence-corrected chi connectivity index (χ2v) is 4.55. The van der Waals surface area contributed by atoms with Crippen LogP contribution in [0.5, 0.6) is 0 Å². The maximum absolute atomic E-state index is 10.2. The van der Waals surface area contributed by atoms with Crippen LogP contribution in [-0.4, -0.2) is 6.09 Å². The molecule has 0 aliphatic carbocycles. The van der Waals surface area contributed by atoms with Crippen molar-refractivity contribution in [2.75, 3.05) is 5.32 Å². The number of anilines is 1. The first-order chi connectivity index (χ1) is 6.50. The normalized spacial score (nSPS) is 12.2. The first kappa shape index (κ1) is 11.3. The first-order valence-electron chi connectivity index (χ1n) is 3.92. The van der Waals surface area contributed by atoms with Gasteiger partial charge in [-0.3, -0.25) is 0 Å². The summed E-state index contributed by atoms with van der Waals surface area (Å²) >= 11 is 9.30. The van der Waals surface area contributed by atoms with Gasteiger partial charge in [0.15, 0.2) is 0 Å². The number of alkyl halides is 1. The summed E-state index contributed by atoms with van der Waals surface area (Å²) in [7, 11) is 0. The fraction of sp³-hybridized carbons (Fsp3) is 0.222. The van der Waals surface area contributed by atoms with E-state index in [1.807, 2.05) is 6.92 Å². The molecule has 0 aliphatic heterocycles. The molecule has 76 valence electrons. The van der Waals surface area contributed by atoms with Crippen molar-refractivity contribution in [1.29, 1.82) is 0 Å². The number of carbonyl (C=O) groups is 1. The summed E-state index contributed by atoms with van der Waals surface area (Å²) in [5.74, 6) is 0. The zero-order chi connectivity index (χ0) is 10.7. The number of halogens is 2. The molecule has 1 N–H and O–H groups in total. The maximum Gasteiger partial charge on any atom is 0.138 e. The van der Waals surface area contributed by atoms with Crippen LogP contribution in [-0.2, 0) is 0 Å². The number of carboxylic acid groups (broad SMARTS) is 1. The van der Waals surface area contributed by atoms with E-state index in [0.29, 0.717) is 10.7 Å². The van der Waals surface area contributed by atoms with Gasteiger partial charge in [0.2, 0.25) is 0 Å². The highest BCUT2D eigenvalue weighted by molar-refractivity contribution is 9.09. The van der Waals surface area contributed by atoms with Gasteiger partial charge in [-0.15, -0.1) is 0 Å². The first-order valence-corrected chi connectivity index (χ1v) is 5.21. The fourth-order valence-electron chi connectivity index (χ4n) is 1.05. The Labute approximate surface area is 95.2 Å². The van der Waals surface area contributed by atoms with Gasteiger partial charge in [0.1, 0.15) is 6.09 Å². The molecule has 0 aliphatic rings. The predicted octanol–water partition coefficient (Wildman–Crippen LogP) is 2.55. The van der Waals surface area contributed by atoms with Gasteiger partial charge in [0, 0.05) is 15.5 Å². The van der Waals surface area contributed by atoms with E-state index in [4.69, 9.17) is 11.6 Å². The highest BCUT2D eigenvalue weighted by Gasteiger charge is 2.06. The number of rotatable bonds is 2. The van der Waals surface area contributed by atoms with E-state index in [1.165, 1.54) is 0 Å². The summed E-state index contributed by atoms with van der Waals surface area (Å²) in [4.78, 5) is 10.4. The fourth-order valence-corrected chi connectivity index (χ4v) is 1.92. The van der Waals surface area contributed by atoms with Gasteiger partial charge < -0.3 is 15.2 Å². The zero-order valence-electron chi connectivity index (χ0n) is 7.38. The number of hydrogen-bond acceptors (Lipinski definition) is 2. The van der Waals surface area contributed by atoms with Gasteiger partial charge >= 0.3 is 0 Å². The van der Waals surface area contributed by atoms with Crippen molar-refractivity contribution in [3.63, 3.8) is 0 Å². The Kier molecular flexibility index (Phi) is 3.77. The zero-order valence-corrected chi connectivity index (χ0v) is 9.72. The Bertz CT molecular complexity index is 355. The lowest BCUT2D eigenvalue weighted by molar-refractivity contribution is -0.242. The Morgan fingerprint density at radius 1 is 1.64 bits per heavy atom. The average Bonchev–Trinajstić information content (AvgIpc) is 2.01. The third-order valence-corrected chi connectivity index (χ3v) is 2.50. The molecule has 0 saturated heterocycles. The van der Waals surface area contributed by atoms with Crippen LogP contribution in [0.25, 0.3) is 0 Å². The Morgan fingerprint density at radius 2 is 2.29 bits per heavy atom. The molecule has 0 bridgehead atoms. The summed E-state index contributed by atoms with van der Waals surface area (Å²) < 4.78 is 0. The van der Waals surface area contributed by atoms with E-state index in [-0.39, 0.29) is 4.83 Å². The minimum Gasteiger partial charge on any atom is -0.530 e. The molecule has 0 spiro atoms. The number of hydrogen-bond donors (Lipinski definition) is 1. The van der Waals surface area contributed by atoms with Crippen LogP contribution in [0.15, 0.2) is 18.2 Å². The van der Waals surface area contributed by atoms with Gasteiger partial charge in [-0.25, -0.2) is 0 Å². The van der Waals surface area contributed by atoms with Crippen LogP contribution >= 0.6 is 27.5 Å². The molecule has 1 rings (SSSR count). The molecule has 0 aromatic heterocycles. The molecule has 0 heterocycles. The number of amides is 1. The summed E-state index contributed by atoms with van der Waals surface area (Å²) in [5, 5.41) is 12.9.